The summed E-state index contributed by atoms with van der Waals surface area (Å²) in [6.45, 7) is 3.41. The van der Waals surface area contributed by atoms with Crippen LogP contribution in [-0.4, -0.2) is 49.8 Å². The van der Waals surface area contributed by atoms with Crippen molar-refractivity contribution in [2.45, 2.75) is 13.3 Å². The third-order valence-corrected chi connectivity index (χ3v) is 6.49. The van der Waals surface area contributed by atoms with Crippen LogP contribution in [0.3, 0.4) is 0 Å². The number of aromatic nitrogens is 2. The van der Waals surface area contributed by atoms with Gasteiger partial charge in [0, 0.05) is 28.2 Å². The smallest absolute Gasteiger partial charge is 0.340 e. The number of aromatic amines is 2. The number of hydrogen-bond donors (Lipinski definition) is 4. The van der Waals surface area contributed by atoms with Crippen LogP contribution in [0.15, 0.2) is 29.2 Å². The number of hydrogen-bond acceptors (Lipinski definition) is 6. The molecule has 29 heavy (non-hydrogen) atoms. The number of esters is 1. The second-order valence-corrected chi connectivity index (χ2v) is 8.90. The van der Waals surface area contributed by atoms with Crippen LogP contribution in [0, 0.1) is 5.92 Å². The van der Waals surface area contributed by atoms with Gasteiger partial charge in [-0.25, -0.2) is 13.2 Å². The first-order valence-electron chi connectivity index (χ1n) is 9.43. The number of pyridine rings is 1. The quantitative estimate of drug-likeness (QED) is 0.449. The molecule has 2 aromatic heterocycles. The molecule has 0 amide bonds. The van der Waals surface area contributed by atoms with E-state index in [1.54, 1.807) is 25.1 Å². The minimum atomic E-state index is -3.53. The van der Waals surface area contributed by atoms with Crippen LogP contribution in [0.2, 0.25) is 0 Å². The van der Waals surface area contributed by atoms with Crippen LogP contribution < -0.4 is 15.6 Å². The Morgan fingerprint density at radius 3 is 2.90 bits per heavy atom. The fraction of sp³-hybridized carbons (Fsp3) is 0.368. The average molecular weight is 418 g/mol. The van der Waals surface area contributed by atoms with Gasteiger partial charge < -0.3 is 20.0 Å². The number of nitrogens with one attached hydrogen (secondary N) is 4. The summed E-state index contributed by atoms with van der Waals surface area (Å²) in [7, 11) is -3.53. The van der Waals surface area contributed by atoms with Gasteiger partial charge in [-0.15, -0.1) is 0 Å². The summed E-state index contributed by atoms with van der Waals surface area (Å²) in [5.74, 6) is -0.432. The number of benzene rings is 1. The van der Waals surface area contributed by atoms with Crippen molar-refractivity contribution in [1.82, 2.24) is 15.3 Å². The van der Waals surface area contributed by atoms with Crippen molar-refractivity contribution in [3.8, 4) is 0 Å². The average Bonchev–Trinajstić information content (AvgIpc) is 3.32. The highest BCUT2D eigenvalue weighted by atomic mass is 32.2. The van der Waals surface area contributed by atoms with Crippen molar-refractivity contribution in [1.29, 1.82) is 0 Å². The summed E-state index contributed by atoms with van der Waals surface area (Å²) in [4.78, 5) is 30.2. The van der Waals surface area contributed by atoms with E-state index in [2.05, 4.69) is 20.0 Å². The highest BCUT2D eigenvalue weighted by Crippen LogP contribution is 2.28. The van der Waals surface area contributed by atoms with Gasteiger partial charge in [0.25, 0.3) is 5.56 Å². The molecule has 0 spiro atoms. The number of sulfonamides is 1. The van der Waals surface area contributed by atoms with E-state index >= 15 is 0 Å². The number of carbonyl (C=O) groups is 1. The summed E-state index contributed by atoms with van der Waals surface area (Å²) < 4.78 is 32.8. The van der Waals surface area contributed by atoms with Crippen LogP contribution in [0.5, 0.6) is 0 Å². The Balaban J connectivity index is 1.77. The molecule has 4 N–H and O–H groups in total. The van der Waals surface area contributed by atoms with Crippen LogP contribution >= 0.6 is 0 Å². The maximum atomic E-state index is 12.5. The molecule has 0 saturated carbocycles. The van der Waals surface area contributed by atoms with Crippen LogP contribution in [0.25, 0.3) is 21.8 Å². The monoisotopic (exact) mass is 418 g/mol. The van der Waals surface area contributed by atoms with E-state index in [0.717, 1.165) is 13.0 Å². The van der Waals surface area contributed by atoms with Crippen molar-refractivity contribution in [2.24, 2.45) is 5.92 Å². The Morgan fingerprint density at radius 1 is 1.34 bits per heavy atom. The van der Waals surface area contributed by atoms with Crippen molar-refractivity contribution < 1.29 is 17.9 Å². The first kappa shape index (κ1) is 19.5. The van der Waals surface area contributed by atoms with Gasteiger partial charge in [-0.05, 0) is 50.6 Å². The molecule has 1 aromatic carbocycles. The molecular formula is C19H22N4O5S. The molecule has 1 saturated heterocycles. The van der Waals surface area contributed by atoms with Gasteiger partial charge in [-0.3, -0.25) is 9.52 Å². The molecule has 3 aromatic rings. The maximum absolute atomic E-state index is 12.5. The predicted molar refractivity (Wildman–Crippen MR) is 111 cm³/mol. The van der Waals surface area contributed by atoms with Crippen LogP contribution in [-0.2, 0) is 14.8 Å². The van der Waals surface area contributed by atoms with E-state index < -0.39 is 16.0 Å². The Hall–Kier alpha value is -2.85. The number of fused-ring (bicyclic) bond motifs is 3. The van der Waals surface area contributed by atoms with E-state index in [1.165, 1.54) is 6.20 Å². The predicted octanol–water partition coefficient (Wildman–Crippen LogP) is 1.54. The van der Waals surface area contributed by atoms with Crippen molar-refractivity contribution in [3.05, 3.63) is 40.3 Å². The fourth-order valence-electron chi connectivity index (χ4n) is 3.75. The molecule has 0 radical (unpaired) electrons. The second-order valence-electron chi connectivity index (χ2n) is 7.13. The lowest BCUT2D eigenvalue weighted by Crippen LogP contribution is -2.24. The van der Waals surface area contributed by atoms with Gasteiger partial charge in [0.2, 0.25) is 10.0 Å². The SMILES string of the molecule is CCOC(=O)c1c[nH]c2c(=O)[nH]c3ccc(NS(=O)(=O)CC4CCNC4)cc3c12. The molecule has 10 heteroatoms. The lowest BCUT2D eigenvalue weighted by molar-refractivity contribution is 0.0529. The zero-order valence-electron chi connectivity index (χ0n) is 15.9. The number of carbonyl (C=O) groups excluding carboxylic acids is 1. The summed E-state index contributed by atoms with van der Waals surface area (Å²) in [6, 6.07) is 4.83. The molecule has 1 fully saturated rings. The van der Waals surface area contributed by atoms with Crippen LogP contribution in [0.1, 0.15) is 23.7 Å². The lowest BCUT2D eigenvalue weighted by atomic mass is 10.1. The minimum Gasteiger partial charge on any atom is -0.462 e. The fourth-order valence-corrected chi connectivity index (χ4v) is 5.22. The van der Waals surface area contributed by atoms with Gasteiger partial charge in [0.1, 0.15) is 5.52 Å². The first-order valence-corrected chi connectivity index (χ1v) is 11.1. The molecule has 3 heterocycles. The van der Waals surface area contributed by atoms with Crippen molar-refractivity contribution in [3.63, 3.8) is 0 Å². The molecular weight excluding hydrogens is 396 g/mol. The standard InChI is InChI=1S/C19H22N4O5S/c1-2-28-19(25)14-9-21-17-16(14)13-7-12(3-4-15(13)22-18(17)24)23-29(26,27)10-11-5-6-20-8-11/h3-4,7,9,11,20-21,23H,2,5-6,8,10H2,1H3,(H,22,24). The van der Waals surface area contributed by atoms with E-state index in [4.69, 9.17) is 4.74 Å². The van der Waals surface area contributed by atoms with Gasteiger partial charge in [0.15, 0.2) is 0 Å². The largest absolute Gasteiger partial charge is 0.462 e. The zero-order valence-corrected chi connectivity index (χ0v) is 16.7. The van der Waals surface area contributed by atoms with Crippen LogP contribution in [0.4, 0.5) is 5.69 Å². The molecule has 1 aliphatic heterocycles. The number of rotatable bonds is 6. The summed E-state index contributed by atoms with van der Waals surface area (Å²) >= 11 is 0. The maximum Gasteiger partial charge on any atom is 0.340 e. The number of ether oxygens (including phenoxy) is 1. The molecule has 1 aliphatic rings. The molecule has 9 nitrogen and oxygen atoms in total. The topological polar surface area (TPSA) is 133 Å². The number of H-pyrrole nitrogens is 2. The summed E-state index contributed by atoms with van der Waals surface area (Å²) in [5, 5.41) is 4.11. The summed E-state index contributed by atoms with van der Waals surface area (Å²) in [6.07, 6.45) is 2.26. The van der Waals surface area contributed by atoms with Gasteiger partial charge in [0.05, 0.1) is 17.9 Å². The molecule has 1 atom stereocenters. The van der Waals surface area contributed by atoms with E-state index in [-0.39, 0.29) is 34.9 Å². The third kappa shape index (κ3) is 3.85. The Kier molecular flexibility index (Phi) is 5.05. The normalized spacial score (nSPS) is 17.1. The van der Waals surface area contributed by atoms with E-state index in [1.807, 2.05) is 0 Å². The Bertz CT molecular complexity index is 1240. The first-order chi connectivity index (χ1) is 13.9. The highest BCUT2D eigenvalue weighted by molar-refractivity contribution is 7.92. The Labute approximate surface area is 166 Å². The van der Waals surface area contributed by atoms with Crippen molar-refractivity contribution >= 4 is 43.5 Å². The minimum absolute atomic E-state index is 0.0390. The molecule has 0 bridgehead atoms. The van der Waals surface area contributed by atoms with Gasteiger partial charge in [-0.1, -0.05) is 0 Å². The molecule has 1 unspecified atom stereocenters. The second kappa shape index (κ2) is 7.53. The molecule has 154 valence electrons. The van der Waals surface area contributed by atoms with Gasteiger partial charge in [-0.2, -0.15) is 0 Å². The summed E-state index contributed by atoms with van der Waals surface area (Å²) in [5.41, 5.74) is 0.959. The highest BCUT2D eigenvalue weighted by Gasteiger charge is 2.23. The molecule has 4 rings (SSSR count). The Morgan fingerprint density at radius 2 is 2.17 bits per heavy atom. The van der Waals surface area contributed by atoms with Gasteiger partial charge >= 0.3 is 5.97 Å². The van der Waals surface area contributed by atoms with E-state index in [9.17, 15) is 18.0 Å². The zero-order chi connectivity index (χ0) is 20.6. The molecule has 0 aliphatic carbocycles. The van der Waals surface area contributed by atoms with E-state index in [0.29, 0.717) is 28.5 Å². The third-order valence-electron chi connectivity index (χ3n) is 5.03. The van der Waals surface area contributed by atoms with Crippen molar-refractivity contribution in [2.75, 3.05) is 30.2 Å². The lowest BCUT2D eigenvalue weighted by Gasteiger charge is -2.12. The number of anilines is 1.